The second-order valence-electron chi connectivity index (χ2n) is 6.09. The number of nitrogens with one attached hydrogen (secondary N) is 1. The summed E-state index contributed by atoms with van der Waals surface area (Å²) in [5.41, 5.74) is 0.117. The van der Waals surface area contributed by atoms with E-state index in [1.54, 1.807) is 0 Å². The highest BCUT2D eigenvalue weighted by Crippen LogP contribution is 2.23. The van der Waals surface area contributed by atoms with Gasteiger partial charge < -0.3 is 14.9 Å². The maximum absolute atomic E-state index is 11.7. The van der Waals surface area contributed by atoms with Crippen molar-refractivity contribution in [3.8, 4) is 0 Å². The third-order valence-corrected chi connectivity index (χ3v) is 2.89. The molecule has 20 heavy (non-hydrogen) atoms. The lowest BCUT2D eigenvalue weighted by Gasteiger charge is -2.30. The summed E-state index contributed by atoms with van der Waals surface area (Å²) < 4.78 is 5.23. The van der Waals surface area contributed by atoms with Crippen molar-refractivity contribution in [2.75, 3.05) is 13.2 Å². The van der Waals surface area contributed by atoms with E-state index in [1.165, 1.54) is 0 Å². The van der Waals surface area contributed by atoms with Crippen LogP contribution >= 0.6 is 0 Å². The van der Waals surface area contributed by atoms with E-state index in [1.807, 2.05) is 58.0 Å². The number of alkyl carbamates (subject to hydrolysis) is 1. The summed E-state index contributed by atoms with van der Waals surface area (Å²) in [6.45, 7) is 8.13. The molecule has 1 rings (SSSR count). The van der Waals surface area contributed by atoms with Crippen LogP contribution in [-0.2, 0) is 15.0 Å². The molecule has 1 amide bonds. The number of benzene rings is 1. The summed E-state index contributed by atoms with van der Waals surface area (Å²) >= 11 is 0. The molecular formula is C15H24N2O3. The van der Waals surface area contributed by atoms with Crippen molar-refractivity contribution in [1.29, 1.82) is 0 Å². The Labute approximate surface area is 120 Å². The molecule has 5 nitrogen and oxygen atoms in total. The Morgan fingerprint density at radius 2 is 1.80 bits per heavy atom. The molecule has 1 unspecified atom stereocenters. The molecule has 0 aliphatic heterocycles. The minimum atomic E-state index is -0.516. The fourth-order valence-electron chi connectivity index (χ4n) is 1.84. The van der Waals surface area contributed by atoms with Gasteiger partial charge in [-0.3, -0.25) is 0 Å². The molecule has 5 heteroatoms. The third-order valence-electron chi connectivity index (χ3n) is 2.89. The van der Waals surface area contributed by atoms with Crippen molar-refractivity contribution >= 4 is 6.09 Å². The number of ether oxygens (including phenoxy) is 1. The molecule has 0 aliphatic rings. The van der Waals surface area contributed by atoms with Gasteiger partial charge in [0.1, 0.15) is 5.60 Å². The minimum absolute atomic E-state index is 0.298. The van der Waals surface area contributed by atoms with Gasteiger partial charge in [-0.2, -0.15) is 0 Å². The van der Waals surface area contributed by atoms with E-state index in [0.29, 0.717) is 13.2 Å². The van der Waals surface area contributed by atoms with E-state index in [0.717, 1.165) is 5.56 Å². The third kappa shape index (κ3) is 5.19. The second-order valence-corrected chi connectivity index (χ2v) is 6.09. The zero-order valence-corrected chi connectivity index (χ0v) is 12.6. The smallest absolute Gasteiger partial charge is 0.407 e. The van der Waals surface area contributed by atoms with Crippen LogP contribution < -0.4 is 11.2 Å². The van der Waals surface area contributed by atoms with Gasteiger partial charge in [0.25, 0.3) is 0 Å². The largest absolute Gasteiger partial charge is 0.444 e. The van der Waals surface area contributed by atoms with Crippen molar-refractivity contribution in [1.82, 2.24) is 5.32 Å². The van der Waals surface area contributed by atoms with E-state index in [4.69, 9.17) is 15.5 Å². The topological polar surface area (TPSA) is 73.6 Å². The highest BCUT2D eigenvalue weighted by Gasteiger charge is 2.28. The molecule has 0 bridgehead atoms. The first-order chi connectivity index (χ1) is 9.27. The molecule has 0 saturated heterocycles. The van der Waals surface area contributed by atoms with Gasteiger partial charge in [0.2, 0.25) is 0 Å². The SMILES string of the molecule is CC(C)(C)OC(=O)NCC(C)(CON)c1ccccc1. The zero-order valence-electron chi connectivity index (χ0n) is 12.6. The molecule has 1 aromatic rings. The molecule has 0 heterocycles. The molecule has 0 fully saturated rings. The molecule has 0 spiro atoms. The van der Waals surface area contributed by atoms with Crippen LogP contribution in [0.3, 0.4) is 0 Å². The lowest BCUT2D eigenvalue weighted by atomic mass is 9.83. The zero-order chi connectivity index (χ0) is 15.2. The number of hydrogen-bond donors (Lipinski definition) is 2. The van der Waals surface area contributed by atoms with Crippen LogP contribution in [0.15, 0.2) is 30.3 Å². The van der Waals surface area contributed by atoms with Crippen molar-refractivity contribution in [3.63, 3.8) is 0 Å². The number of hydrogen-bond acceptors (Lipinski definition) is 4. The predicted molar refractivity (Wildman–Crippen MR) is 78.2 cm³/mol. The predicted octanol–water partition coefficient (Wildman–Crippen LogP) is 2.36. The average molecular weight is 280 g/mol. The van der Waals surface area contributed by atoms with Crippen molar-refractivity contribution in [2.45, 2.75) is 38.7 Å². The normalized spacial score (nSPS) is 14.4. The summed E-state index contributed by atoms with van der Waals surface area (Å²) in [7, 11) is 0. The molecular weight excluding hydrogens is 256 g/mol. The van der Waals surface area contributed by atoms with Crippen molar-refractivity contribution in [2.24, 2.45) is 5.90 Å². The van der Waals surface area contributed by atoms with Gasteiger partial charge in [0, 0.05) is 12.0 Å². The summed E-state index contributed by atoms with van der Waals surface area (Å²) in [6, 6.07) is 9.79. The van der Waals surface area contributed by atoms with Crippen molar-refractivity contribution in [3.05, 3.63) is 35.9 Å². The maximum atomic E-state index is 11.7. The van der Waals surface area contributed by atoms with E-state index < -0.39 is 17.1 Å². The quantitative estimate of drug-likeness (QED) is 0.812. The van der Waals surface area contributed by atoms with Gasteiger partial charge in [-0.25, -0.2) is 10.7 Å². The highest BCUT2D eigenvalue weighted by molar-refractivity contribution is 5.67. The van der Waals surface area contributed by atoms with E-state index in [-0.39, 0.29) is 0 Å². The standard InChI is InChI=1S/C15H24N2O3/c1-14(2,3)20-13(18)17-10-15(4,11-19-16)12-8-6-5-7-9-12/h5-9H,10-11,16H2,1-4H3,(H,17,18). The molecule has 0 saturated carbocycles. The molecule has 1 aromatic carbocycles. The van der Waals surface area contributed by atoms with Gasteiger partial charge in [-0.05, 0) is 26.3 Å². The Balaban J connectivity index is 2.71. The first-order valence-corrected chi connectivity index (χ1v) is 6.61. The molecule has 112 valence electrons. The fraction of sp³-hybridized carbons (Fsp3) is 0.533. The van der Waals surface area contributed by atoms with Crippen LogP contribution in [0.1, 0.15) is 33.3 Å². The lowest BCUT2D eigenvalue weighted by molar-refractivity contribution is 0.0477. The molecule has 0 aliphatic carbocycles. The summed E-state index contributed by atoms with van der Waals surface area (Å²) in [4.78, 5) is 16.5. The Hall–Kier alpha value is -1.59. The fourth-order valence-corrected chi connectivity index (χ4v) is 1.84. The van der Waals surface area contributed by atoms with E-state index >= 15 is 0 Å². The average Bonchev–Trinajstić information content (AvgIpc) is 2.36. The van der Waals surface area contributed by atoms with Gasteiger partial charge in [0.05, 0.1) is 6.61 Å². The minimum Gasteiger partial charge on any atom is -0.444 e. The lowest BCUT2D eigenvalue weighted by Crippen LogP contribution is -2.44. The van der Waals surface area contributed by atoms with Crippen LogP contribution in [0.4, 0.5) is 4.79 Å². The number of amides is 1. The van der Waals surface area contributed by atoms with Crippen LogP contribution in [0.5, 0.6) is 0 Å². The van der Waals surface area contributed by atoms with Crippen LogP contribution in [-0.4, -0.2) is 24.8 Å². The van der Waals surface area contributed by atoms with Crippen LogP contribution in [0, 0.1) is 0 Å². The molecule has 1 atom stereocenters. The Bertz CT molecular complexity index is 428. The van der Waals surface area contributed by atoms with E-state index in [9.17, 15) is 4.79 Å². The summed E-state index contributed by atoms with van der Waals surface area (Å²) in [6.07, 6.45) is -0.448. The Morgan fingerprint density at radius 1 is 1.20 bits per heavy atom. The second kappa shape index (κ2) is 6.72. The van der Waals surface area contributed by atoms with Crippen LogP contribution in [0.25, 0.3) is 0 Å². The Morgan fingerprint density at radius 3 is 2.30 bits per heavy atom. The van der Waals surface area contributed by atoms with Crippen LogP contribution in [0.2, 0.25) is 0 Å². The van der Waals surface area contributed by atoms with Gasteiger partial charge in [-0.1, -0.05) is 37.3 Å². The number of rotatable bonds is 5. The Kier molecular flexibility index (Phi) is 5.53. The highest BCUT2D eigenvalue weighted by atomic mass is 16.6. The van der Waals surface area contributed by atoms with Gasteiger partial charge >= 0.3 is 6.09 Å². The van der Waals surface area contributed by atoms with E-state index in [2.05, 4.69) is 5.32 Å². The number of carbonyl (C=O) groups excluding carboxylic acids is 1. The number of nitrogens with two attached hydrogens (primary N) is 1. The molecule has 3 N–H and O–H groups in total. The summed E-state index contributed by atoms with van der Waals surface area (Å²) in [5.74, 6) is 5.22. The van der Waals surface area contributed by atoms with Crippen molar-refractivity contribution < 1.29 is 14.4 Å². The molecule has 0 radical (unpaired) electrons. The monoisotopic (exact) mass is 280 g/mol. The summed E-state index contributed by atoms with van der Waals surface area (Å²) in [5, 5.41) is 2.77. The maximum Gasteiger partial charge on any atom is 0.407 e. The first kappa shape index (κ1) is 16.5. The van der Waals surface area contributed by atoms with Gasteiger partial charge in [-0.15, -0.1) is 0 Å². The van der Waals surface area contributed by atoms with Gasteiger partial charge in [0.15, 0.2) is 0 Å². The molecule has 0 aromatic heterocycles. The number of carbonyl (C=O) groups is 1. The first-order valence-electron chi connectivity index (χ1n) is 6.61.